The van der Waals surface area contributed by atoms with Gasteiger partial charge in [0.05, 0.1) is 0 Å². The van der Waals surface area contributed by atoms with Crippen LogP contribution in [-0.2, 0) is 20.0 Å². The van der Waals surface area contributed by atoms with Crippen molar-refractivity contribution in [2.24, 2.45) is 10.8 Å². The molecule has 116 valence electrons. The number of rotatable bonds is 2. The topological polar surface area (TPSA) is 0 Å². The van der Waals surface area contributed by atoms with Gasteiger partial charge in [-0.25, -0.2) is 0 Å². The van der Waals surface area contributed by atoms with Gasteiger partial charge in [0.1, 0.15) is 0 Å². The summed E-state index contributed by atoms with van der Waals surface area (Å²) in [5.41, 5.74) is 0.536. The summed E-state index contributed by atoms with van der Waals surface area (Å²) in [5.74, 6) is 0. The molecule has 0 amide bonds. The van der Waals surface area contributed by atoms with Gasteiger partial charge in [-0.05, 0) is 0 Å². The zero-order valence-corrected chi connectivity index (χ0v) is 18.7. The van der Waals surface area contributed by atoms with Crippen molar-refractivity contribution < 1.29 is 20.0 Å². The Morgan fingerprint density at radius 1 is 0.571 bits per heavy atom. The molecule has 0 N–H and O–H groups in total. The van der Waals surface area contributed by atoms with Crippen LogP contribution in [0.5, 0.6) is 0 Å². The van der Waals surface area contributed by atoms with E-state index in [0.717, 1.165) is 0 Å². The summed E-state index contributed by atoms with van der Waals surface area (Å²) in [7, 11) is 0. The summed E-state index contributed by atoms with van der Waals surface area (Å²) < 4.78 is 5.88. The number of allylic oxidation sites excluding steroid dienone is 8. The van der Waals surface area contributed by atoms with Crippen LogP contribution in [0.4, 0.5) is 0 Å². The van der Waals surface area contributed by atoms with Crippen molar-refractivity contribution in [1.29, 1.82) is 0 Å². The minimum atomic E-state index is -2.85. The average molecular weight is 451 g/mol. The van der Waals surface area contributed by atoms with Gasteiger partial charge in [0, 0.05) is 0 Å². The molecule has 1 heteroatoms. The molecule has 2 aliphatic rings. The first-order valence-electron chi connectivity index (χ1n) is 8.15. The Hall–Kier alpha value is -0.170. The van der Waals surface area contributed by atoms with E-state index < -0.39 is 20.0 Å². The fraction of sp³-hybridized carbons (Fsp3) is 0.600. The molecule has 0 aromatic rings. The van der Waals surface area contributed by atoms with E-state index in [1.807, 2.05) is 0 Å². The first-order valence-corrected chi connectivity index (χ1v) is 18.9. The van der Waals surface area contributed by atoms with E-state index in [0.29, 0.717) is 0 Å². The second-order valence-electron chi connectivity index (χ2n) is 9.30. The molecule has 0 atom stereocenters. The molecule has 0 spiro atoms. The monoisotopic (exact) mass is 452 g/mol. The van der Waals surface area contributed by atoms with Gasteiger partial charge in [-0.1, -0.05) is 0 Å². The molecule has 0 fully saturated rings. The molecule has 0 aromatic carbocycles. The summed E-state index contributed by atoms with van der Waals surface area (Å²) in [6.45, 7) is 14.5. The van der Waals surface area contributed by atoms with Gasteiger partial charge in [-0.3, -0.25) is 0 Å². The molecule has 0 nitrogen and oxygen atoms in total. The molecular weight excluding hydrogens is 419 g/mol. The average Bonchev–Trinajstić information content (AvgIpc) is 2.98. The van der Waals surface area contributed by atoms with Crippen molar-refractivity contribution in [3.05, 3.63) is 48.6 Å². The van der Waals surface area contributed by atoms with Crippen molar-refractivity contribution in [2.45, 2.75) is 57.2 Å². The van der Waals surface area contributed by atoms with Crippen LogP contribution in [-0.4, -0.2) is 0 Å². The SMILES string of the molecule is CC(C)(C)[C]1([Hf]([CH3])([CH3])[C]2(C(C)(C)C)C=CC=C2)C=CC=C1. The second-order valence-corrected chi connectivity index (χ2v) is 26.9. The van der Waals surface area contributed by atoms with E-state index in [4.69, 9.17) is 0 Å². The summed E-state index contributed by atoms with van der Waals surface area (Å²) in [6, 6.07) is 0. The first kappa shape index (κ1) is 17.2. The van der Waals surface area contributed by atoms with E-state index in [-0.39, 0.29) is 17.2 Å². The Bertz CT molecular complexity index is 455. The maximum absolute atomic E-state index is 2.85. The standard InChI is InChI=1S/2C9H13.2CH3.Hf/c2*1-9(2,3)8-6-4-5-7-8;;;/h2*4-7H,1-3H3;2*1H3;. The van der Waals surface area contributed by atoms with E-state index in [1.54, 1.807) is 0 Å². The van der Waals surface area contributed by atoms with Crippen LogP contribution >= 0.6 is 0 Å². The molecule has 0 saturated heterocycles. The first-order chi connectivity index (χ1) is 9.41. The summed E-state index contributed by atoms with van der Waals surface area (Å²) in [5, 5.41) is 0. The van der Waals surface area contributed by atoms with Crippen LogP contribution in [0.25, 0.3) is 0 Å². The Labute approximate surface area is 136 Å². The third kappa shape index (κ3) is 2.18. The second kappa shape index (κ2) is 4.91. The molecule has 0 heterocycles. The van der Waals surface area contributed by atoms with Gasteiger partial charge in [0.25, 0.3) is 0 Å². The molecule has 0 saturated carbocycles. The Morgan fingerprint density at radius 2 is 0.810 bits per heavy atom. The van der Waals surface area contributed by atoms with Crippen molar-refractivity contribution in [2.75, 3.05) is 0 Å². The summed E-state index contributed by atoms with van der Waals surface area (Å²) >= 11 is -2.85. The van der Waals surface area contributed by atoms with Crippen molar-refractivity contribution in [3.8, 4) is 0 Å². The van der Waals surface area contributed by atoms with E-state index >= 15 is 0 Å². The van der Waals surface area contributed by atoms with Gasteiger partial charge in [0.2, 0.25) is 0 Å². The number of hydrogen-bond acceptors (Lipinski definition) is 0. The van der Waals surface area contributed by atoms with Crippen LogP contribution < -0.4 is 0 Å². The van der Waals surface area contributed by atoms with Crippen LogP contribution in [0.15, 0.2) is 48.6 Å². The van der Waals surface area contributed by atoms with Gasteiger partial charge in [-0.2, -0.15) is 0 Å². The van der Waals surface area contributed by atoms with E-state index in [1.165, 1.54) is 0 Å². The summed E-state index contributed by atoms with van der Waals surface area (Å²) in [4.78, 5) is 0. The van der Waals surface area contributed by atoms with Gasteiger partial charge < -0.3 is 0 Å². The van der Waals surface area contributed by atoms with E-state index in [2.05, 4.69) is 99.5 Å². The van der Waals surface area contributed by atoms with E-state index in [9.17, 15) is 0 Å². The Morgan fingerprint density at radius 3 is 1.00 bits per heavy atom. The van der Waals surface area contributed by atoms with Gasteiger partial charge in [-0.15, -0.1) is 0 Å². The molecule has 2 aliphatic carbocycles. The predicted octanol–water partition coefficient (Wildman–Crippen LogP) is 6.90. The van der Waals surface area contributed by atoms with Gasteiger partial charge >= 0.3 is 137 Å². The minimum absolute atomic E-state index is 0.268. The van der Waals surface area contributed by atoms with Crippen LogP contribution in [0.3, 0.4) is 0 Å². The van der Waals surface area contributed by atoms with Crippen molar-refractivity contribution >= 4 is 0 Å². The molecule has 0 radical (unpaired) electrons. The molecular formula is C20H32Hf. The quantitative estimate of drug-likeness (QED) is 0.401. The molecule has 0 unspecified atom stereocenters. The molecule has 0 aromatic heterocycles. The molecule has 0 aliphatic heterocycles. The van der Waals surface area contributed by atoms with Crippen molar-refractivity contribution in [1.82, 2.24) is 0 Å². The molecule has 0 bridgehead atoms. The van der Waals surface area contributed by atoms with Gasteiger partial charge in [0.15, 0.2) is 0 Å². The number of hydrogen-bond donors (Lipinski definition) is 0. The zero-order chi connectivity index (χ0) is 16.2. The zero-order valence-electron chi connectivity index (χ0n) is 15.1. The molecule has 2 rings (SSSR count). The van der Waals surface area contributed by atoms with Crippen LogP contribution in [0.2, 0.25) is 15.7 Å². The normalized spacial score (nSPS) is 23.2. The van der Waals surface area contributed by atoms with Crippen LogP contribution in [0, 0.1) is 10.8 Å². The fourth-order valence-electron chi connectivity index (χ4n) is 4.99. The fourth-order valence-corrected chi connectivity index (χ4v) is 28.3. The third-order valence-electron chi connectivity index (χ3n) is 6.21. The van der Waals surface area contributed by atoms with Crippen LogP contribution in [0.1, 0.15) is 41.5 Å². The van der Waals surface area contributed by atoms with Crippen molar-refractivity contribution in [3.63, 3.8) is 0 Å². The maximum atomic E-state index is 2.67. The Balaban J connectivity index is 2.70. The summed E-state index contributed by atoms with van der Waals surface area (Å²) in [6.07, 6.45) is 19.3. The Kier molecular flexibility index (Phi) is 4.02. The molecule has 21 heavy (non-hydrogen) atoms. The third-order valence-corrected chi connectivity index (χ3v) is 28.9. The predicted molar refractivity (Wildman–Crippen MR) is 92.6 cm³/mol.